The van der Waals surface area contributed by atoms with Gasteiger partial charge in [0.05, 0.1) is 11.0 Å². The number of nitrogens with two attached hydrogens (primary N) is 1. The van der Waals surface area contributed by atoms with Crippen LogP contribution in [0.15, 0.2) is 24.3 Å². The molecule has 5 nitrogen and oxygen atoms in total. The van der Waals surface area contributed by atoms with Crippen molar-refractivity contribution < 1.29 is 4.79 Å². The molecule has 1 aromatic carbocycles. The van der Waals surface area contributed by atoms with E-state index in [9.17, 15) is 4.79 Å². The van der Waals surface area contributed by atoms with Crippen molar-refractivity contribution in [2.75, 3.05) is 5.73 Å². The third-order valence-corrected chi connectivity index (χ3v) is 3.63. The predicted octanol–water partition coefficient (Wildman–Crippen LogP) is 2.71. The van der Waals surface area contributed by atoms with Crippen LogP contribution in [0.3, 0.4) is 0 Å². The Bertz CT molecular complexity index is 807. The minimum Gasteiger partial charge on any atom is -0.382 e. The summed E-state index contributed by atoms with van der Waals surface area (Å²) in [5.41, 5.74) is 8.66. The Morgan fingerprint density at radius 2 is 2.10 bits per heavy atom. The first kappa shape index (κ1) is 13.5. The molecule has 5 heteroatoms. The molecule has 0 amide bonds. The van der Waals surface area contributed by atoms with Crippen molar-refractivity contribution in [3.05, 3.63) is 30.1 Å². The molecule has 0 saturated carbocycles. The topological polar surface area (TPSA) is 73.8 Å². The lowest BCUT2D eigenvalue weighted by Gasteiger charge is -2.08. The number of benzene rings is 1. The second kappa shape index (κ2) is 5.52. The van der Waals surface area contributed by atoms with Gasteiger partial charge in [0, 0.05) is 24.8 Å². The number of pyridine rings is 1. The quantitative estimate of drug-likeness (QED) is 0.730. The van der Waals surface area contributed by atoms with E-state index in [-0.39, 0.29) is 0 Å². The summed E-state index contributed by atoms with van der Waals surface area (Å²) < 4.78 is 2.12. The molecule has 21 heavy (non-hydrogen) atoms. The van der Waals surface area contributed by atoms with Crippen molar-refractivity contribution in [3.8, 4) is 0 Å². The van der Waals surface area contributed by atoms with Crippen molar-refractivity contribution in [1.29, 1.82) is 0 Å². The van der Waals surface area contributed by atoms with Gasteiger partial charge in [0.1, 0.15) is 17.6 Å². The highest BCUT2D eigenvalue weighted by atomic mass is 16.1. The smallest absolute Gasteiger partial charge is 0.152 e. The van der Waals surface area contributed by atoms with Crippen molar-refractivity contribution in [1.82, 2.24) is 14.5 Å². The van der Waals surface area contributed by atoms with Gasteiger partial charge in [-0.15, -0.1) is 0 Å². The SMILES string of the molecule is CCCc1nc2c(N)nc3ccccc3c2n1CCC=O. The highest BCUT2D eigenvalue weighted by Crippen LogP contribution is 2.29. The van der Waals surface area contributed by atoms with E-state index < -0.39 is 0 Å². The van der Waals surface area contributed by atoms with Gasteiger partial charge in [-0.25, -0.2) is 9.97 Å². The van der Waals surface area contributed by atoms with Crippen molar-refractivity contribution in [2.45, 2.75) is 32.7 Å². The average Bonchev–Trinajstić information content (AvgIpc) is 2.85. The van der Waals surface area contributed by atoms with Crippen LogP contribution in [0.1, 0.15) is 25.6 Å². The number of imidazole rings is 1. The third-order valence-electron chi connectivity index (χ3n) is 3.63. The Labute approximate surface area is 122 Å². The molecule has 0 aliphatic rings. The second-order valence-corrected chi connectivity index (χ2v) is 5.10. The molecule has 2 aromatic heterocycles. The Balaban J connectivity index is 2.36. The fourth-order valence-electron chi connectivity index (χ4n) is 2.74. The zero-order chi connectivity index (χ0) is 14.8. The largest absolute Gasteiger partial charge is 0.382 e. The molecule has 2 N–H and O–H groups in total. The van der Waals surface area contributed by atoms with Gasteiger partial charge in [0.25, 0.3) is 0 Å². The van der Waals surface area contributed by atoms with E-state index in [0.29, 0.717) is 18.8 Å². The molecule has 2 heterocycles. The first-order valence-corrected chi connectivity index (χ1v) is 7.23. The molecule has 0 aliphatic carbocycles. The number of nitrogen functional groups attached to an aromatic ring is 1. The first-order valence-electron chi connectivity index (χ1n) is 7.23. The Hall–Kier alpha value is -2.43. The maximum absolute atomic E-state index is 10.8. The van der Waals surface area contributed by atoms with Crippen LogP contribution >= 0.6 is 0 Å². The van der Waals surface area contributed by atoms with Crippen LogP contribution in [-0.4, -0.2) is 20.8 Å². The molecule has 0 unspecified atom stereocenters. The summed E-state index contributed by atoms with van der Waals surface area (Å²) in [6, 6.07) is 7.90. The number of aromatic nitrogens is 3. The fraction of sp³-hybridized carbons (Fsp3) is 0.312. The van der Waals surface area contributed by atoms with Crippen LogP contribution in [0, 0.1) is 0 Å². The number of anilines is 1. The van der Waals surface area contributed by atoms with Gasteiger partial charge in [0.2, 0.25) is 0 Å². The van der Waals surface area contributed by atoms with Gasteiger partial charge in [-0.3, -0.25) is 0 Å². The number of para-hydroxylation sites is 1. The molecule has 0 radical (unpaired) electrons. The lowest BCUT2D eigenvalue weighted by Crippen LogP contribution is -2.05. The number of fused-ring (bicyclic) bond motifs is 3. The van der Waals surface area contributed by atoms with E-state index >= 15 is 0 Å². The lowest BCUT2D eigenvalue weighted by molar-refractivity contribution is -0.108. The van der Waals surface area contributed by atoms with Crippen LogP contribution in [-0.2, 0) is 17.8 Å². The monoisotopic (exact) mass is 282 g/mol. The van der Waals surface area contributed by atoms with Gasteiger partial charge >= 0.3 is 0 Å². The molecule has 0 atom stereocenters. The maximum atomic E-state index is 10.8. The van der Waals surface area contributed by atoms with E-state index in [0.717, 1.165) is 46.9 Å². The molecular formula is C16H18N4O. The number of hydrogen-bond donors (Lipinski definition) is 1. The summed E-state index contributed by atoms with van der Waals surface area (Å²) in [6.45, 7) is 2.74. The predicted molar refractivity (Wildman–Crippen MR) is 84.1 cm³/mol. The van der Waals surface area contributed by atoms with Crippen molar-refractivity contribution >= 4 is 34.0 Å². The molecule has 108 valence electrons. The summed E-state index contributed by atoms with van der Waals surface area (Å²) in [7, 11) is 0. The molecule has 3 rings (SSSR count). The zero-order valence-electron chi connectivity index (χ0n) is 12.0. The molecule has 0 saturated heterocycles. The Morgan fingerprint density at radius 3 is 2.86 bits per heavy atom. The van der Waals surface area contributed by atoms with E-state index in [2.05, 4.69) is 21.5 Å². The van der Waals surface area contributed by atoms with E-state index in [1.807, 2.05) is 24.3 Å². The minimum atomic E-state index is 0.450. The summed E-state index contributed by atoms with van der Waals surface area (Å²) in [5, 5.41) is 1.03. The van der Waals surface area contributed by atoms with Gasteiger partial charge < -0.3 is 15.1 Å². The number of rotatable bonds is 5. The molecule has 0 aliphatic heterocycles. The molecule has 0 bridgehead atoms. The lowest BCUT2D eigenvalue weighted by atomic mass is 10.2. The van der Waals surface area contributed by atoms with Gasteiger partial charge in [-0.1, -0.05) is 25.1 Å². The summed E-state index contributed by atoms with van der Waals surface area (Å²) in [6.07, 6.45) is 3.27. The number of aryl methyl sites for hydroxylation is 2. The van der Waals surface area contributed by atoms with Crippen LogP contribution in [0.25, 0.3) is 21.9 Å². The van der Waals surface area contributed by atoms with Gasteiger partial charge in [-0.2, -0.15) is 0 Å². The summed E-state index contributed by atoms with van der Waals surface area (Å²) in [5.74, 6) is 1.42. The van der Waals surface area contributed by atoms with E-state index in [4.69, 9.17) is 5.73 Å². The fourth-order valence-corrected chi connectivity index (χ4v) is 2.74. The summed E-state index contributed by atoms with van der Waals surface area (Å²) in [4.78, 5) is 19.9. The number of carbonyl (C=O) groups is 1. The van der Waals surface area contributed by atoms with Crippen molar-refractivity contribution in [3.63, 3.8) is 0 Å². The third kappa shape index (κ3) is 2.24. The van der Waals surface area contributed by atoms with Crippen LogP contribution in [0.2, 0.25) is 0 Å². The Morgan fingerprint density at radius 1 is 1.29 bits per heavy atom. The minimum absolute atomic E-state index is 0.450. The summed E-state index contributed by atoms with van der Waals surface area (Å²) >= 11 is 0. The highest BCUT2D eigenvalue weighted by molar-refractivity contribution is 6.06. The second-order valence-electron chi connectivity index (χ2n) is 5.10. The number of aldehydes is 1. The van der Waals surface area contributed by atoms with Gasteiger partial charge in [0.15, 0.2) is 5.82 Å². The molecule has 0 fully saturated rings. The molecular weight excluding hydrogens is 264 g/mol. The normalized spacial score (nSPS) is 11.3. The van der Waals surface area contributed by atoms with E-state index in [1.165, 1.54) is 0 Å². The van der Waals surface area contributed by atoms with Crippen molar-refractivity contribution in [2.24, 2.45) is 0 Å². The van der Waals surface area contributed by atoms with E-state index in [1.54, 1.807) is 0 Å². The molecule has 3 aromatic rings. The maximum Gasteiger partial charge on any atom is 0.152 e. The Kier molecular flexibility index (Phi) is 3.56. The van der Waals surface area contributed by atoms with Crippen LogP contribution in [0.4, 0.5) is 5.82 Å². The van der Waals surface area contributed by atoms with Crippen LogP contribution in [0.5, 0.6) is 0 Å². The molecule has 0 spiro atoms. The number of carbonyl (C=O) groups excluding carboxylic acids is 1. The highest BCUT2D eigenvalue weighted by Gasteiger charge is 2.16. The average molecular weight is 282 g/mol. The number of nitrogens with zero attached hydrogens (tertiary/aromatic N) is 3. The standard InChI is InChI=1S/C16H18N4O/c1-2-6-13-19-14-15(20(13)9-5-10-21)11-7-3-4-8-12(11)18-16(14)17/h3-4,7-8,10H,2,5-6,9H2,1H3,(H2,17,18). The first-order chi connectivity index (χ1) is 10.3. The zero-order valence-corrected chi connectivity index (χ0v) is 12.0. The van der Waals surface area contributed by atoms with Crippen LogP contribution < -0.4 is 5.73 Å². The number of hydrogen-bond acceptors (Lipinski definition) is 4. The van der Waals surface area contributed by atoms with Gasteiger partial charge in [-0.05, 0) is 12.5 Å².